The van der Waals surface area contributed by atoms with E-state index in [1.54, 1.807) is 24.3 Å². The number of para-hydroxylation sites is 2. The highest BCUT2D eigenvalue weighted by Crippen LogP contribution is 2.34. The Hall–Kier alpha value is -3.56. The Kier molecular flexibility index (Phi) is 5.06. The molecule has 10 heteroatoms. The minimum absolute atomic E-state index is 0.0246. The van der Waals surface area contributed by atoms with Crippen LogP contribution in [0, 0.1) is 5.82 Å². The minimum atomic E-state index is -4.86. The van der Waals surface area contributed by atoms with Gasteiger partial charge in [0, 0.05) is 0 Å². The molecule has 1 unspecified atom stereocenters. The number of alkyl halides is 3. The van der Waals surface area contributed by atoms with E-state index < -0.39 is 35.3 Å². The van der Waals surface area contributed by atoms with Crippen LogP contribution < -0.4 is 14.8 Å². The van der Waals surface area contributed by atoms with Gasteiger partial charge in [-0.1, -0.05) is 12.1 Å². The highest BCUT2D eigenvalue weighted by Gasteiger charge is 2.40. The number of carbonyl (C=O) groups excluding carboxylic acids is 1. The van der Waals surface area contributed by atoms with Crippen molar-refractivity contribution in [2.75, 3.05) is 13.2 Å². The zero-order chi connectivity index (χ0) is 21.3. The molecule has 3 aromatic rings. The van der Waals surface area contributed by atoms with Gasteiger partial charge >= 0.3 is 6.18 Å². The van der Waals surface area contributed by atoms with E-state index in [0.29, 0.717) is 16.2 Å². The number of fused-ring (bicyclic) bond motifs is 1. The molecule has 0 fully saturated rings. The number of aromatic nitrogens is 2. The smallest absolute Gasteiger partial charge is 0.434 e. The van der Waals surface area contributed by atoms with E-state index in [0.717, 1.165) is 30.5 Å². The van der Waals surface area contributed by atoms with Gasteiger partial charge in [-0.15, -0.1) is 0 Å². The average Bonchev–Trinajstić information content (AvgIpc) is 3.18. The van der Waals surface area contributed by atoms with Crippen molar-refractivity contribution < 1.29 is 31.8 Å². The Morgan fingerprint density at radius 1 is 1.13 bits per heavy atom. The number of nitrogens with one attached hydrogen (secondary N) is 1. The van der Waals surface area contributed by atoms with Crippen molar-refractivity contribution in [2.45, 2.75) is 12.3 Å². The Morgan fingerprint density at radius 3 is 2.53 bits per heavy atom. The van der Waals surface area contributed by atoms with E-state index in [1.807, 2.05) is 0 Å². The van der Waals surface area contributed by atoms with Crippen molar-refractivity contribution in [3.63, 3.8) is 0 Å². The fourth-order valence-electron chi connectivity index (χ4n) is 3.03. The second-order valence-electron chi connectivity index (χ2n) is 6.50. The molecule has 1 aliphatic rings. The third-order valence-corrected chi connectivity index (χ3v) is 4.41. The van der Waals surface area contributed by atoms with Crippen molar-refractivity contribution in [3.05, 3.63) is 71.8 Å². The van der Waals surface area contributed by atoms with Crippen molar-refractivity contribution in [3.8, 4) is 17.2 Å². The van der Waals surface area contributed by atoms with Crippen LogP contribution in [0.25, 0.3) is 5.69 Å². The topological polar surface area (TPSA) is 65.4 Å². The van der Waals surface area contributed by atoms with E-state index in [2.05, 4.69) is 10.4 Å². The summed E-state index contributed by atoms with van der Waals surface area (Å²) in [7, 11) is 0. The van der Waals surface area contributed by atoms with Crippen LogP contribution in [0.5, 0.6) is 11.5 Å². The molecule has 1 amide bonds. The number of rotatable bonds is 4. The summed E-state index contributed by atoms with van der Waals surface area (Å²) in [6.45, 7) is 0.0739. The highest BCUT2D eigenvalue weighted by atomic mass is 19.4. The molecule has 156 valence electrons. The Morgan fingerprint density at radius 2 is 1.83 bits per heavy atom. The van der Waals surface area contributed by atoms with Crippen molar-refractivity contribution >= 4 is 5.91 Å². The maximum atomic E-state index is 13.7. The molecule has 0 saturated heterocycles. The molecule has 2 heterocycles. The summed E-state index contributed by atoms with van der Waals surface area (Å²) >= 11 is 0. The molecule has 1 N–H and O–H groups in total. The monoisotopic (exact) mass is 421 g/mol. The van der Waals surface area contributed by atoms with Crippen LogP contribution in [0.15, 0.2) is 54.7 Å². The maximum Gasteiger partial charge on any atom is 0.434 e. The van der Waals surface area contributed by atoms with Crippen LogP contribution in [0.1, 0.15) is 16.1 Å². The predicted octanol–water partition coefficient (Wildman–Crippen LogP) is 3.60. The van der Waals surface area contributed by atoms with Gasteiger partial charge in [0.15, 0.2) is 17.2 Å². The molecule has 30 heavy (non-hydrogen) atoms. The Balaban J connectivity index is 1.52. The molecule has 1 atom stereocenters. The van der Waals surface area contributed by atoms with Gasteiger partial charge in [-0.3, -0.25) is 4.79 Å². The van der Waals surface area contributed by atoms with Gasteiger partial charge in [-0.2, -0.15) is 18.3 Å². The summed E-state index contributed by atoms with van der Waals surface area (Å²) in [4.78, 5) is 12.5. The third-order valence-electron chi connectivity index (χ3n) is 4.41. The standard InChI is InChI=1S/C20H15F4N3O3/c21-12-5-7-13(8-6-12)27-18(20(22,23)24)15(10-26-27)19(28)25-9-14-11-29-16-3-1-2-4-17(16)30-14/h1-8,10,14H,9,11H2,(H,25,28). The first-order valence-corrected chi connectivity index (χ1v) is 8.91. The molecule has 1 aliphatic heterocycles. The second-order valence-corrected chi connectivity index (χ2v) is 6.50. The molecule has 0 spiro atoms. The number of ether oxygens (including phenoxy) is 2. The first kappa shape index (κ1) is 19.7. The lowest BCUT2D eigenvalue weighted by Crippen LogP contribution is -2.41. The summed E-state index contributed by atoms with van der Waals surface area (Å²) in [5, 5.41) is 6.11. The second kappa shape index (κ2) is 7.69. The summed E-state index contributed by atoms with van der Waals surface area (Å²) in [6.07, 6.45) is -4.60. The number of carbonyl (C=O) groups is 1. The van der Waals surface area contributed by atoms with E-state index in [4.69, 9.17) is 9.47 Å². The van der Waals surface area contributed by atoms with Gasteiger partial charge < -0.3 is 14.8 Å². The SMILES string of the molecule is O=C(NCC1COc2ccccc2O1)c1cnn(-c2ccc(F)cc2)c1C(F)(F)F. The Bertz CT molecular complexity index is 1060. The molecular formula is C20H15F4N3O3. The normalized spacial score (nSPS) is 15.7. The first-order valence-electron chi connectivity index (χ1n) is 8.91. The van der Waals surface area contributed by atoms with Crippen LogP contribution in [0.2, 0.25) is 0 Å². The number of hydrogen-bond donors (Lipinski definition) is 1. The van der Waals surface area contributed by atoms with Crippen molar-refractivity contribution in [1.82, 2.24) is 15.1 Å². The maximum absolute atomic E-state index is 13.7. The number of amides is 1. The molecule has 4 rings (SSSR count). The number of nitrogens with zero attached hydrogens (tertiary/aromatic N) is 2. The van der Waals surface area contributed by atoms with Crippen molar-refractivity contribution in [1.29, 1.82) is 0 Å². The van der Waals surface area contributed by atoms with Crippen LogP contribution in [-0.4, -0.2) is 34.9 Å². The number of hydrogen-bond acceptors (Lipinski definition) is 4. The lowest BCUT2D eigenvalue weighted by atomic mass is 10.2. The first-order chi connectivity index (χ1) is 14.3. The molecule has 2 aromatic carbocycles. The van der Waals surface area contributed by atoms with Gasteiger partial charge in [-0.05, 0) is 36.4 Å². The minimum Gasteiger partial charge on any atom is -0.486 e. The van der Waals surface area contributed by atoms with Gasteiger partial charge in [0.05, 0.1) is 24.0 Å². The van der Waals surface area contributed by atoms with Crippen molar-refractivity contribution in [2.24, 2.45) is 0 Å². The summed E-state index contributed by atoms with van der Waals surface area (Å²) in [6, 6.07) is 11.3. The van der Waals surface area contributed by atoms with Gasteiger partial charge in [0.25, 0.3) is 5.91 Å². The molecular weight excluding hydrogens is 406 g/mol. The molecule has 0 aliphatic carbocycles. The number of benzene rings is 2. The van der Waals surface area contributed by atoms with E-state index in [-0.39, 0.29) is 18.8 Å². The fourth-order valence-corrected chi connectivity index (χ4v) is 3.03. The van der Waals surface area contributed by atoms with Crippen LogP contribution in [0.3, 0.4) is 0 Å². The summed E-state index contributed by atoms with van der Waals surface area (Å²) < 4.78 is 65.9. The van der Waals surface area contributed by atoms with E-state index in [9.17, 15) is 22.4 Å². The molecule has 0 radical (unpaired) electrons. The van der Waals surface area contributed by atoms with Crippen LogP contribution in [-0.2, 0) is 6.18 Å². The highest BCUT2D eigenvalue weighted by molar-refractivity contribution is 5.95. The average molecular weight is 421 g/mol. The quantitative estimate of drug-likeness (QED) is 0.654. The van der Waals surface area contributed by atoms with Gasteiger partial charge in [-0.25, -0.2) is 9.07 Å². The van der Waals surface area contributed by atoms with Crippen LogP contribution in [0.4, 0.5) is 17.6 Å². The van der Waals surface area contributed by atoms with Crippen LogP contribution >= 0.6 is 0 Å². The molecule has 6 nitrogen and oxygen atoms in total. The zero-order valence-corrected chi connectivity index (χ0v) is 15.3. The lowest BCUT2D eigenvalue weighted by Gasteiger charge is -2.26. The Labute approximate surface area is 168 Å². The predicted molar refractivity (Wildman–Crippen MR) is 97.2 cm³/mol. The largest absolute Gasteiger partial charge is 0.486 e. The summed E-state index contributed by atoms with van der Waals surface area (Å²) in [5.74, 6) is -0.519. The molecule has 0 bridgehead atoms. The molecule has 1 aromatic heterocycles. The van der Waals surface area contributed by atoms with Gasteiger partial charge in [0.1, 0.15) is 18.5 Å². The fraction of sp³-hybridized carbons (Fsp3) is 0.200. The van der Waals surface area contributed by atoms with E-state index in [1.165, 1.54) is 0 Å². The number of halogens is 4. The molecule has 0 saturated carbocycles. The third kappa shape index (κ3) is 3.93. The van der Waals surface area contributed by atoms with Gasteiger partial charge in [0.2, 0.25) is 0 Å². The summed E-state index contributed by atoms with van der Waals surface area (Å²) in [5.41, 5.74) is -1.93. The lowest BCUT2D eigenvalue weighted by molar-refractivity contribution is -0.143. The zero-order valence-electron chi connectivity index (χ0n) is 15.3. The van der Waals surface area contributed by atoms with E-state index >= 15 is 0 Å².